The topological polar surface area (TPSA) is 209 Å². The molecule has 14 heteroatoms. The first-order chi connectivity index (χ1) is 10.4. The lowest BCUT2D eigenvalue weighted by molar-refractivity contribution is 0.278. The fourth-order valence-electron chi connectivity index (χ4n) is 1.44. The molecule has 11 nitrogen and oxygen atoms in total. The molecule has 146 valence electrons. The molecule has 0 saturated carbocycles. The minimum Gasteiger partial charge on any atom is -0.402 e. The summed E-state index contributed by atoms with van der Waals surface area (Å²) in [6, 6.07) is 0. The number of unbranched alkanes of at least 4 members (excludes halogenated alkanes) is 5. The zero-order valence-electron chi connectivity index (χ0n) is 13.5. The molecule has 24 heavy (non-hydrogen) atoms. The highest BCUT2D eigenvalue weighted by Gasteiger charge is 1.93. The Kier molecular flexibility index (Phi) is 31.5. The molecule has 13 N–H and O–H groups in total. The van der Waals surface area contributed by atoms with Crippen LogP contribution in [0.15, 0.2) is 0 Å². The van der Waals surface area contributed by atoms with Crippen molar-refractivity contribution in [2.75, 3.05) is 6.54 Å². The van der Waals surface area contributed by atoms with Crippen LogP contribution in [0.3, 0.4) is 0 Å². The third kappa shape index (κ3) is 42.9. The van der Waals surface area contributed by atoms with Crippen molar-refractivity contribution < 1.29 is 15.1 Å². The molecular formula is C10H31BCl2N8O3. The summed E-state index contributed by atoms with van der Waals surface area (Å²) in [4.78, 5) is 0. The van der Waals surface area contributed by atoms with Gasteiger partial charge in [-0.15, -0.1) is 24.8 Å². The Hall–Kier alpha value is -0.855. The molecule has 0 rings (SSSR count). The van der Waals surface area contributed by atoms with Crippen LogP contribution in [0, 0.1) is 10.8 Å². The normalized spacial score (nSPS) is 8.79. The van der Waals surface area contributed by atoms with E-state index >= 15 is 0 Å². The summed E-state index contributed by atoms with van der Waals surface area (Å²) in [6.07, 6.45) is 7.56. The SMILES string of the molecule is Cl.Cl.N=C(N)CCCCCCCCNNNNC(=N)N.OB(O)O. The van der Waals surface area contributed by atoms with E-state index in [0.29, 0.717) is 0 Å². The van der Waals surface area contributed by atoms with E-state index in [1.165, 1.54) is 19.3 Å². The van der Waals surface area contributed by atoms with Gasteiger partial charge in [0.05, 0.1) is 5.84 Å². The van der Waals surface area contributed by atoms with Crippen molar-refractivity contribution in [3.63, 3.8) is 0 Å². The van der Waals surface area contributed by atoms with Crippen LogP contribution >= 0.6 is 24.8 Å². The molecule has 0 radical (unpaired) electrons. The summed E-state index contributed by atoms with van der Waals surface area (Å²) in [5.74, 6) is 0.145. The molecule has 0 saturated heterocycles. The van der Waals surface area contributed by atoms with Crippen molar-refractivity contribution in [1.82, 2.24) is 21.9 Å². The van der Waals surface area contributed by atoms with E-state index in [4.69, 9.17) is 37.4 Å². The van der Waals surface area contributed by atoms with Gasteiger partial charge in [0.1, 0.15) is 0 Å². The Morgan fingerprint density at radius 3 is 1.75 bits per heavy atom. The zero-order valence-corrected chi connectivity index (χ0v) is 15.2. The number of halogens is 2. The molecule has 0 bridgehead atoms. The third-order valence-electron chi connectivity index (χ3n) is 2.35. The van der Waals surface area contributed by atoms with Crippen LogP contribution in [0.4, 0.5) is 0 Å². The molecule has 0 fully saturated rings. The molecule has 0 unspecified atom stereocenters. The van der Waals surface area contributed by atoms with Gasteiger partial charge in [0, 0.05) is 13.0 Å². The van der Waals surface area contributed by atoms with E-state index in [9.17, 15) is 0 Å². The lowest BCUT2D eigenvalue weighted by Crippen LogP contribution is -2.54. The highest BCUT2D eigenvalue weighted by molar-refractivity contribution is 6.30. The van der Waals surface area contributed by atoms with E-state index in [2.05, 4.69) is 21.9 Å². The van der Waals surface area contributed by atoms with Crippen LogP contribution in [0.5, 0.6) is 0 Å². The minimum atomic E-state index is -2.17. The summed E-state index contributed by atoms with van der Waals surface area (Å²) >= 11 is 0. The second kappa shape index (κ2) is 24.4. The number of amidine groups is 1. The molecule has 0 aliphatic rings. The Balaban J connectivity index is -0.000000298. The van der Waals surface area contributed by atoms with Gasteiger partial charge in [-0.3, -0.25) is 16.2 Å². The summed E-state index contributed by atoms with van der Waals surface area (Å²) < 4.78 is 0. The van der Waals surface area contributed by atoms with Crippen LogP contribution in [-0.2, 0) is 0 Å². The van der Waals surface area contributed by atoms with E-state index in [-0.39, 0.29) is 36.6 Å². The van der Waals surface area contributed by atoms with Crippen LogP contribution in [-0.4, -0.2) is 40.7 Å². The van der Waals surface area contributed by atoms with Gasteiger partial charge < -0.3 is 26.5 Å². The molecule has 0 aliphatic heterocycles. The zero-order chi connectivity index (χ0) is 17.2. The number of guanidine groups is 1. The number of hydrazine groups is 3. The van der Waals surface area contributed by atoms with E-state index < -0.39 is 7.32 Å². The fraction of sp³-hybridized carbons (Fsp3) is 0.800. The third-order valence-corrected chi connectivity index (χ3v) is 2.35. The van der Waals surface area contributed by atoms with Crippen LogP contribution in [0.2, 0.25) is 0 Å². The second-order valence-corrected chi connectivity index (χ2v) is 4.46. The molecule has 0 spiro atoms. The van der Waals surface area contributed by atoms with Gasteiger partial charge in [0.25, 0.3) is 0 Å². The van der Waals surface area contributed by atoms with Crippen LogP contribution in [0.25, 0.3) is 0 Å². The lowest BCUT2D eigenvalue weighted by atomic mass is 10.1. The Bertz CT molecular complexity index is 266. The maximum atomic E-state index is 7.17. The summed E-state index contributed by atoms with van der Waals surface area (Å²) in [6.45, 7) is 0.847. The van der Waals surface area contributed by atoms with Crippen molar-refractivity contribution in [2.24, 2.45) is 11.5 Å². The summed E-state index contributed by atoms with van der Waals surface area (Å²) in [5.41, 5.74) is 20.8. The van der Waals surface area contributed by atoms with Crippen molar-refractivity contribution in [3.05, 3.63) is 0 Å². The molecule has 0 atom stereocenters. The van der Waals surface area contributed by atoms with Gasteiger partial charge in [-0.2, -0.15) is 11.1 Å². The maximum Gasteiger partial charge on any atom is 0.631 e. The van der Waals surface area contributed by atoms with Gasteiger partial charge in [0.15, 0.2) is 0 Å². The standard InChI is InChI=1S/C10H26N8.BH3O3.2ClH/c11-9(12)7-5-3-1-2-4-6-8-15-17-18-16-10(13)14;2-1(3)4;;/h15,17-18H,1-8H2,(H3,11,12)(H4,13,14,16);2-4H;2*1H. The van der Waals surface area contributed by atoms with Gasteiger partial charge >= 0.3 is 7.32 Å². The minimum absolute atomic E-state index is 0. The highest BCUT2D eigenvalue weighted by Crippen LogP contribution is 2.06. The quantitative estimate of drug-likeness (QED) is 0.0608. The molecule has 0 aromatic heterocycles. The van der Waals surface area contributed by atoms with Crippen molar-refractivity contribution in [1.29, 1.82) is 10.8 Å². The number of nitrogens with two attached hydrogens (primary N) is 2. The first-order valence-corrected chi connectivity index (χ1v) is 7.06. The van der Waals surface area contributed by atoms with Crippen molar-refractivity contribution in [3.8, 4) is 0 Å². The number of rotatable bonds is 12. The average Bonchev–Trinajstić information content (AvgIpc) is 2.38. The molecule has 0 amide bonds. The molecular weight excluding hydrogens is 362 g/mol. The fourth-order valence-corrected chi connectivity index (χ4v) is 1.44. The monoisotopic (exact) mass is 392 g/mol. The van der Waals surface area contributed by atoms with Crippen molar-refractivity contribution in [2.45, 2.75) is 44.9 Å². The van der Waals surface area contributed by atoms with Gasteiger partial charge in [-0.05, 0) is 12.8 Å². The predicted molar refractivity (Wildman–Crippen MR) is 100 cm³/mol. The molecule has 0 aromatic rings. The maximum absolute atomic E-state index is 7.17. The Morgan fingerprint density at radius 1 is 0.833 bits per heavy atom. The Labute approximate surface area is 155 Å². The van der Waals surface area contributed by atoms with Gasteiger partial charge in [-0.1, -0.05) is 25.7 Å². The van der Waals surface area contributed by atoms with Crippen molar-refractivity contribution >= 4 is 43.9 Å². The first-order valence-electron chi connectivity index (χ1n) is 7.06. The van der Waals surface area contributed by atoms with Crippen LogP contribution in [0.1, 0.15) is 44.9 Å². The Morgan fingerprint density at radius 2 is 1.29 bits per heavy atom. The summed E-state index contributed by atoms with van der Waals surface area (Å²) in [7, 11) is -2.17. The smallest absolute Gasteiger partial charge is 0.402 e. The van der Waals surface area contributed by atoms with Gasteiger partial charge in [0.2, 0.25) is 5.96 Å². The number of nitrogens with one attached hydrogen (secondary N) is 6. The molecule has 0 aromatic carbocycles. The lowest BCUT2D eigenvalue weighted by Gasteiger charge is -2.09. The number of hydrogen-bond acceptors (Lipinski definition) is 8. The predicted octanol–water partition coefficient (Wildman–Crippen LogP) is -1.56. The number of hydrogen-bond donors (Lipinski definition) is 11. The molecule has 0 heterocycles. The van der Waals surface area contributed by atoms with Gasteiger partial charge in [-0.25, -0.2) is 5.43 Å². The highest BCUT2D eigenvalue weighted by atomic mass is 35.5. The van der Waals surface area contributed by atoms with E-state index in [1.807, 2.05) is 0 Å². The average molecular weight is 393 g/mol. The molecule has 0 aliphatic carbocycles. The summed E-state index contributed by atoms with van der Waals surface area (Å²) in [5, 5.41) is 35.4. The first kappa shape index (κ1) is 31.0. The second-order valence-electron chi connectivity index (χ2n) is 4.46. The van der Waals surface area contributed by atoms with Crippen LogP contribution < -0.4 is 33.4 Å². The largest absolute Gasteiger partial charge is 0.631 e. The van der Waals surface area contributed by atoms with E-state index in [0.717, 1.165) is 32.2 Å². The van der Waals surface area contributed by atoms with E-state index in [1.54, 1.807) is 0 Å².